The molecule has 0 spiro atoms. The molecule has 0 aromatic heterocycles. The Hall–Kier alpha value is -0.790. The van der Waals surface area contributed by atoms with Crippen molar-refractivity contribution in [2.75, 3.05) is 0 Å². The van der Waals surface area contributed by atoms with E-state index in [0.717, 1.165) is 6.08 Å². The van der Waals surface area contributed by atoms with E-state index >= 15 is 0 Å². The van der Waals surface area contributed by atoms with Gasteiger partial charge in [0.1, 0.15) is 0 Å². The largest absolute Gasteiger partial charge is 0.366 e. The quantitative estimate of drug-likeness (QED) is 0.459. The number of carbonyl (C=O) groups excluding carboxylic acids is 1. The van der Waals surface area contributed by atoms with Gasteiger partial charge < -0.3 is 5.73 Å². The summed E-state index contributed by atoms with van der Waals surface area (Å²) < 4.78 is 0. The molecule has 2 nitrogen and oxygen atoms in total. The van der Waals surface area contributed by atoms with Gasteiger partial charge in [-0.1, -0.05) is 14.0 Å². The normalized spacial score (nSPS) is 5.33. The van der Waals surface area contributed by atoms with Gasteiger partial charge in [0.25, 0.3) is 0 Å². The second-order valence-electron chi connectivity index (χ2n) is 0.606. The first-order valence-electron chi connectivity index (χ1n) is 1.19. The number of hydrogen-bond acceptors (Lipinski definition) is 1. The molecule has 0 unspecified atom stereocenters. The van der Waals surface area contributed by atoms with E-state index in [2.05, 4.69) is 12.3 Å². The van der Waals surface area contributed by atoms with Crippen molar-refractivity contribution in [1.82, 2.24) is 0 Å². The van der Waals surface area contributed by atoms with E-state index in [4.69, 9.17) is 0 Å². The third-order valence-corrected chi connectivity index (χ3v) is 0.201. The first-order chi connectivity index (χ1) is 2.27. The minimum Gasteiger partial charge on any atom is -0.366 e. The van der Waals surface area contributed by atoms with E-state index in [-0.39, 0.29) is 7.43 Å². The fourth-order valence-electron chi connectivity index (χ4n) is 0. The molecule has 0 heterocycles. The van der Waals surface area contributed by atoms with Gasteiger partial charge in [-0.15, -0.1) is 0 Å². The van der Waals surface area contributed by atoms with Crippen LogP contribution in [0.1, 0.15) is 7.43 Å². The van der Waals surface area contributed by atoms with Gasteiger partial charge in [0, 0.05) is 0 Å². The fraction of sp³-hybridized carbons (Fsp3) is 0.250. The zero-order valence-corrected chi connectivity index (χ0v) is 2.77. The third-order valence-electron chi connectivity index (χ3n) is 0.201. The average Bonchev–Trinajstić information content (AvgIpc) is 1.38. The molecule has 0 rings (SSSR count). The predicted molar refractivity (Wildman–Crippen MR) is 26.1 cm³/mol. The summed E-state index contributed by atoms with van der Waals surface area (Å²) in [5, 5.41) is 0. The lowest BCUT2D eigenvalue weighted by molar-refractivity contribution is -0.113. The maximum atomic E-state index is 9.47. The second-order valence-corrected chi connectivity index (χ2v) is 0.606. The summed E-state index contributed by atoms with van der Waals surface area (Å²) in [4.78, 5) is 9.47. The van der Waals surface area contributed by atoms with E-state index in [1.165, 1.54) is 0 Å². The van der Waals surface area contributed by atoms with E-state index in [1.807, 2.05) is 0 Å². The van der Waals surface area contributed by atoms with Crippen molar-refractivity contribution >= 4 is 5.91 Å². The van der Waals surface area contributed by atoms with Crippen LogP contribution >= 0.6 is 0 Å². The number of hydrogen-bond donors (Lipinski definition) is 1. The van der Waals surface area contributed by atoms with Gasteiger partial charge >= 0.3 is 0 Å². The molecule has 0 aliphatic heterocycles. The molecule has 0 aromatic rings. The Balaban J connectivity index is 0. The van der Waals surface area contributed by atoms with Crippen LogP contribution in [0.3, 0.4) is 0 Å². The molecule has 0 saturated heterocycles. The molecule has 0 fully saturated rings. The molecule has 2 heteroatoms. The monoisotopic (exact) mass is 87.1 g/mol. The first-order valence-corrected chi connectivity index (χ1v) is 1.19. The Labute approximate surface area is 37.7 Å². The van der Waals surface area contributed by atoms with Crippen LogP contribution in [0.4, 0.5) is 0 Å². The smallest absolute Gasteiger partial charge is 0.240 e. The molecular weight excluding hydrogens is 78.0 g/mol. The third kappa shape index (κ3) is 10.7. The van der Waals surface area contributed by atoms with Gasteiger partial charge in [0.05, 0.1) is 0 Å². The van der Waals surface area contributed by atoms with Crippen molar-refractivity contribution in [1.29, 1.82) is 0 Å². The summed E-state index contributed by atoms with van der Waals surface area (Å²) in [7, 11) is 0. The number of primary amides is 1. The Morgan fingerprint density at radius 1 is 1.83 bits per heavy atom. The zero-order valence-electron chi connectivity index (χ0n) is 2.77. The number of rotatable bonds is 1. The maximum absolute atomic E-state index is 9.47. The lowest BCUT2D eigenvalue weighted by Gasteiger charge is -1.65. The number of nitrogens with two attached hydrogens (primary N) is 1. The molecule has 36 valence electrons. The predicted octanol–water partition coefficient (Wildman–Crippen LogP) is 0.294. The van der Waals surface area contributed by atoms with Gasteiger partial charge in [-0.2, -0.15) is 0 Å². The molecule has 0 saturated carbocycles. The minimum atomic E-state index is -0.481. The SMILES string of the molecule is C.C=CC(N)=O. The number of carbonyl (C=O) groups is 1. The van der Waals surface area contributed by atoms with Gasteiger partial charge in [-0.3, -0.25) is 4.79 Å². The van der Waals surface area contributed by atoms with Crippen molar-refractivity contribution in [3.8, 4) is 0 Å². The van der Waals surface area contributed by atoms with E-state index in [9.17, 15) is 4.79 Å². The molecule has 0 aliphatic carbocycles. The Morgan fingerprint density at radius 2 is 2.00 bits per heavy atom. The van der Waals surface area contributed by atoms with Crippen LogP contribution in [0, 0.1) is 0 Å². The summed E-state index contributed by atoms with van der Waals surface area (Å²) in [5.74, 6) is -0.481. The van der Waals surface area contributed by atoms with Gasteiger partial charge in [-0.05, 0) is 6.08 Å². The summed E-state index contributed by atoms with van der Waals surface area (Å²) in [6, 6.07) is 0. The van der Waals surface area contributed by atoms with Crippen molar-refractivity contribution < 1.29 is 4.79 Å². The van der Waals surface area contributed by atoms with Crippen LogP contribution in [-0.4, -0.2) is 5.91 Å². The molecule has 0 aromatic carbocycles. The standard InChI is InChI=1S/C3H5NO.CH4/c1-2-3(4)5;/h2H,1H2,(H2,4,5);1H4. The van der Waals surface area contributed by atoms with Gasteiger partial charge in [0.2, 0.25) is 5.91 Å². The van der Waals surface area contributed by atoms with E-state index in [1.54, 1.807) is 0 Å². The van der Waals surface area contributed by atoms with Crippen molar-refractivity contribution in [3.05, 3.63) is 12.7 Å². The summed E-state index contributed by atoms with van der Waals surface area (Å²) in [6.45, 7) is 3.09. The van der Waals surface area contributed by atoms with Crippen LogP contribution in [0.5, 0.6) is 0 Å². The van der Waals surface area contributed by atoms with E-state index < -0.39 is 5.91 Å². The van der Waals surface area contributed by atoms with Crippen LogP contribution in [0.2, 0.25) is 0 Å². The highest BCUT2D eigenvalue weighted by Gasteiger charge is 1.69. The molecule has 0 radical (unpaired) electrons. The molecule has 0 bridgehead atoms. The Bertz CT molecular complexity index is 58.6. The highest BCUT2D eigenvalue weighted by Crippen LogP contribution is 1.48. The van der Waals surface area contributed by atoms with Crippen molar-refractivity contribution in [2.24, 2.45) is 5.73 Å². The summed E-state index contributed by atoms with van der Waals surface area (Å²) >= 11 is 0. The maximum Gasteiger partial charge on any atom is 0.240 e. The second kappa shape index (κ2) is 4.21. The summed E-state index contributed by atoms with van der Waals surface area (Å²) in [5.41, 5.74) is 4.53. The highest BCUT2D eigenvalue weighted by molar-refractivity contribution is 5.84. The Kier molecular flexibility index (Phi) is 6.29. The van der Waals surface area contributed by atoms with Gasteiger partial charge in [0.15, 0.2) is 0 Å². The Morgan fingerprint density at radius 3 is 2.00 bits per heavy atom. The van der Waals surface area contributed by atoms with Gasteiger partial charge in [-0.25, -0.2) is 0 Å². The molecule has 1 amide bonds. The van der Waals surface area contributed by atoms with Crippen LogP contribution in [-0.2, 0) is 4.79 Å². The lowest BCUT2D eigenvalue weighted by atomic mass is 10.6. The zero-order chi connectivity index (χ0) is 4.28. The minimum absolute atomic E-state index is 0. The van der Waals surface area contributed by atoms with Crippen molar-refractivity contribution in [2.45, 2.75) is 7.43 Å². The molecule has 0 aliphatic rings. The molecule has 2 N–H and O–H groups in total. The molecule has 0 atom stereocenters. The highest BCUT2D eigenvalue weighted by atomic mass is 16.1. The van der Waals surface area contributed by atoms with Crippen LogP contribution in [0.15, 0.2) is 12.7 Å². The van der Waals surface area contributed by atoms with Crippen molar-refractivity contribution in [3.63, 3.8) is 0 Å². The first kappa shape index (κ1) is 8.96. The topological polar surface area (TPSA) is 43.1 Å². The molecule has 6 heavy (non-hydrogen) atoms. The summed E-state index contributed by atoms with van der Waals surface area (Å²) in [6.07, 6.45) is 1.06. The fourth-order valence-corrected chi connectivity index (χ4v) is 0. The van der Waals surface area contributed by atoms with Crippen LogP contribution < -0.4 is 5.73 Å². The van der Waals surface area contributed by atoms with E-state index in [0.29, 0.717) is 0 Å². The average molecular weight is 87.1 g/mol. The lowest BCUT2D eigenvalue weighted by Crippen LogP contribution is -2.04. The van der Waals surface area contributed by atoms with Crippen LogP contribution in [0.25, 0.3) is 0 Å². The number of amides is 1. The molecular formula is C4H9NO.